The number of hydrogen-bond acceptors (Lipinski definition) is 5. The van der Waals surface area contributed by atoms with Crippen LogP contribution >= 0.6 is 11.6 Å². The van der Waals surface area contributed by atoms with Crippen LogP contribution in [0, 0.1) is 6.92 Å². The molecule has 1 saturated heterocycles. The third-order valence-corrected chi connectivity index (χ3v) is 5.76. The summed E-state index contributed by atoms with van der Waals surface area (Å²) in [6.45, 7) is 9.49. The second-order valence-electron chi connectivity index (χ2n) is 7.67. The van der Waals surface area contributed by atoms with Gasteiger partial charge in [0, 0.05) is 29.2 Å². The molecule has 1 fully saturated rings. The predicted octanol–water partition coefficient (Wildman–Crippen LogP) is 5.07. The van der Waals surface area contributed by atoms with Gasteiger partial charge in [0.1, 0.15) is 6.67 Å². The number of amides is 2. The van der Waals surface area contributed by atoms with E-state index in [0.29, 0.717) is 66.3 Å². The maximum absolute atomic E-state index is 13.8. The highest BCUT2D eigenvalue weighted by Crippen LogP contribution is 2.40. The van der Waals surface area contributed by atoms with Crippen LogP contribution in [0.15, 0.2) is 30.3 Å². The molecule has 8 heteroatoms. The molecule has 0 radical (unpaired) electrons. The highest BCUT2D eigenvalue weighted by molar-refractivity contribution is 6.31. The van der Waals surface area contributed by atoms with Crippen LogP contribution in [0.3, 0.4) is 0 Å². The van der Waals surface area contributed by atoms with E-state index in [4.69, 9.17) is 25.8 Å². The lowest BCUT2D eigenvalue weighted by Crippen LogP contribution is -2.42. The molecule has 3 rings (SSSR count). The summed E-state index contributed by atoms with van der Waals surface area (Å²) in [5, 5.41) is 0.551. The fourth-order valence-corrected chi connectivity index (χ4v) is 3.88. The maximum atomic E-state index is 13.8. The molecule has 1 aliphatic rings. The van der Waals surface area contributed by atoms with Gasteiger partial charge in [-0.3, -0.25) is 14.5 Å². The van der Waals surface area contributed by atoms with Crippen molar-refractivity contribution in [2.45, 2.75) is 40.5 Å². The Kier molecular flexibility index (Phi) is 8.44. The Morgan fingerprint density at radius 1 is 1.03 bits per heavy atom. The molecule has 178 valence electrons. The molecule has 7 nitrogen and oxygen atoms in total. The van der Waals surface area contributed by atoms with Gasteiger partial charge in [-0.25, -0.2) is 0 Å². The van der Waals surface area contributed by atoms with Crippen molar-refractivity contribution in [3.63, 3.8) is 0 Å². The average Bonchev–Trinajstić information content (AvgIpc) is 3.20. The zero-order chi connectivity index (χ0) is 24.0. The van der Waals surface area contributed by atoms with Gasteiger partial charge in [0.15, 0.2) is 11.5 Å². The van der Waals surface area contributed by atoms with Crippen molar-refractivity contribution in [1.82, 2.24) is 4.90 Å². The molecule has 0 bridgehead atoms. The standard InChI is InChI=1S/C25H31ClN2O5/c1-5-31-21-13-18(14-22(32-6-2)24(21)33-7-3)25(30)28(16-27-12-8-9-23(27)29)19-11-10-17(4)20(26)15-19/h10-11,13-15H,5-9,12,16H2,1-4H3. The Morgan fingerprint density at radius 3 is 2.18 bits per heavy atom. The highest BCUT2D eigenvalue weighted by atomic mass is 35.5. The van der Waals surface area contributed by atoms with Gasteiger partial charge in [-0.2, -0.15) is 0 Å². The topological polar surface area (TPSA) is 68.3 Å². The average molecular weight is 475 g/mol. The molecule has 0 N–H and O–H groups in total. The number of benzene rings is 2. The van der Waals surface area contributed by atoms with Crippen molar-refractivity contribution < 1.29 is 23.8 Å². The molecule has 1 heterocycles. The van der Waals surface area contributed by atoms with E-state index in [1.807, 2.05) is 39.8 Å². The monoisotopic (exact) mass is 474 g/mol. The Bertz CT molecular complexity index is 983. The van der Waals surface area contributed by atoms with Crippen LogP contribution in [0.2, 0.25) is 5.02 Å². The van der Waals surface area contributed by atoms with Gasteiger partial charge in [0.05, 0.1) is 19.8 Å². The Morgan fingerprint density at radius 2 is 1.67 bits per heavy atom. The van der Waals surface area contributed by atoms with Crippen molar-refractivity contribution in [2.75, 3.05) is 37.9 Å². The number of hydrogen-bond donors (Lipinski definition) is 0. The number of carbonyl (C=O) groups is 2. The van der Waals surface area contributed by atoms with E-state index >= 15 is 0 Å². The van der Waals surface area contributed by atoms with Gasteiger partial charge in [-0.1, -0.05) is 17.7 Å². The number of rotatable bonds is 10. The highest BCUT2D eigenvalue weighted by Gasteiger charge is 2.28. The number of anilines is 1. The summed E-state index contributed by atoms with van der Waals surface area (Å²) in [6, 6.07) is 8.76. The van der Waals surface area contributed by atoms with Crippen molar-refractivity contribution >= 4 is 29.1 Å². The van der Waals surface area contributed by atoms with Gasteiger partial charge < -0.3 is 19.1 Å². The third kappa shape index (κ3) is 5.71. The van der Waals surface area contributed by atoms with E-state index in [9.17, 15) is 9.59 Å². The first kappa shape index (κ1) is 24.7. The largest absolute Gasteiger partial charge is 0.490 e. The van der Waals surface area contributed by atoms with Crippen LogP contribution in [-0.2, 0) is 4.79 Å². The fraction of sp³-hybridized carbons (Fsp3) is 0.440. The fourth-order valence-electron chi connectivity index (χ4n) is 3.71. The van der Waals surface area contributed by atoms with Crippen molar-refractivity contribution in [3.05, 3.63) is 46.5 Å². The van der Waals surface area contributed by atoms with Crippen LogP contribution in [0.4, 0.5) is 5.69 Å². The van der Waals surface area contributed by atoms with Crippen LogP contribution in [0.25, 0.3) is 0 Å². The molecule has 2 aromatic carbocycles. The zero-order valence-electron chi connectivity index (χ0n) is 19.7. The van der Waals surface area contributed by atoms with Gasteiger partial charge in [0.25, 0.3) is 5.91 Å². The predicted molar refractivity (Wildman–Crippen MR) is 129 cm³/mol. The molecule has 0 aliphatic carbocycles. The Hall–Kier alpha value is -2.93. The number of likely N-dealkylation sites (tertiary alicyclic amines) is 1. The van der Waals surface area contributed by atoms with Gasteiger partial charge in [0.2, 0.25) is 11.7 Å². The lowest BCUT2D eigenvalue weighted by atomic mass is 10.1. The minimum Gasteiger partial charge on any atom is -0.490 e. The minimum atomic E-state index is -0.292. The Balaban J connectivity index is 2.06. The summed E-state index contributed by atoms with van der Waals surface area (Å²) in [7, 11) is 0. The molecule has 0 saturated carbocycles. The molecule has 0 spiro atoms. The van der Waals surface area contributed by atoms with Crippen molar-refractivity contribution in [3.8, 4) is 17.2 Å². The SMILES string of the molecule is CCOc1cc(C(=O)N(CN2CCCC2=O)c2ccc(C)c(Cl)c2)cc(OCC)c1OCC. The first-order valence-electron chi connectivity index (χ1n) is 11.3. The van der Waals surface area contributed by atoms with Crippen LogP contribution in [0.1, 0.15) is 49.5 Å². The van der Waals surface area contributed by atoms with Crippen molar-refractivity contribution in [1.29, 1.82) is 0 Å². The van der Waals surface area contributed by atoms with Crippen LogP contribution < -0.4 is 19.1 Å². The normalized spacial score (nSPS) is 13.2. The van der Waals surface area contributed by atoms with Gasteiger partial charge in [-0.05, 0) is 63.9 Å². The molecular formula is C25H31ClN2O5. The second kappa shape index (κ2) is 11.3. The van der Waals surface area contributed by atoms with Crippen molar-refractivity contribution in [2.24, 2.45) is 0 Å². The lowest BCUT2D eigenvalue weighted by Gasteiger charge is -2.29. The Labute approximate surface area is 200 Å². The van der Waals surface area contributed by atoms with Gasteiger partial charge >= 0.3 is 0 Å². The van der Waals surface area contributed by atoms with Crippen LogP contribution in [-0.4, -0.2) is 49.7 Å². The number of carbonyl (C=O) groups excluding carboxylic acids is 2. The maximum Gasteiger partial charge on any atom is 0.260 e. The minimum absolute atomic E-state index is 0.0303. The number of nitrogens with zero attached hydrogens (tertiary/aromatic N) is 2. The van der Waals surface area contributed by atoms with Gasteiger partial charge in [-0.15, -0.1) is 0 Å². The van der Waals surface area contributed by atoms with E-state index in [1.54, 1.807) is 28.0 Å². The molecule has 33 heavy (non-hydrogen) atoms. The number of ether oxygens (including phenoxy) is 3. The molecule has 2 aromatic rings. The summed E-state index contributed by atoms with van der Waals surface area (Å²) in [4.78, 5) is 29.4. The molecule has 0 atom stereocenters. The molecular weight excluding hydrogens is 444 g/mol. The summed E-state index contributed by atoms with van der Waals surface area (Å²) in [6.07, 6.45) is 1.27. The van der Waals surface area contributed by atoms with E-state index in [1.165, 1.54) is 0 Å². The first-order chi connectivity index (χ1) is 15.9. The van der Waals surface area contributed by atoms with E-state index < -0.39 is 0 Å². The summed E-state index contributed by atoms with van der Waals surface area (Å²) in [5.41, 5.74) is 1.89. The van der Waals surface area contributed by atoms with E-state index in [0.717, 1.165) is 12.0 Å². The number of halogens is 1. The molecule has 0 aromatic heterocycles. The first-order valence-corrected chi connectivity index (χ1v) is 11.7. The van der Waals surface area contributed by atoms with E-state index in [-0.39, 0.29) is 18.5 Å². The van der Waals surface area contributed by atoms with Crippen LogP contribution in [0.5, 0.6) is 17.2 Å². The van der Waals surface area contributed by atoms with E-state index in [2.05, 4.69) is 0 Å². The third-order valence-electron chi connectivity index (χ3n) is 5.35. The second-order valence-corrected chi connectivity index (χ2v) is 8.08. The lowest BCUT2D eigenvalue weighted by molar-refractivity contribution is -0.127. The molecule has 1 aliphatic heterocycles. The molecule has 2 amide bonds. The summed E-state index contributed by atoms with van der Waals surface area (Å²) in [5.74, 6) is 1.08. The smallest absolute Gasteiger partial charge is 0.260 e. The summed E-state index contributed by atoms with van der Waals surface area (Å²) >= 11 is 6.37. The molecule has 0 unspecified atom stereocenters. The zero-order valence-corrected chi connectivity index (χ0v) is 20.4. The quantitative estimate of drug-likeness (QED) is 0.480. The number of aryl methyl sites for hydroxylation is 1. The summed E-state index contributed by atoms with van der Waals surface area (Å²) < 4.78 is 17.3.